The molecule has 10 rings (SSSR count). The minimum absolute atomic E-state index is 0.877. The van der Waals surface area contributed by atoms with Crippen molar-refractivity contribution < 1.29 is 0 Å². The van der Waals surface area contributed by atoms with Crippen LogP contribution in [0.2, 0.25) is 0 Å². The lowest BCUT2D eigenvalue weighted by Crippen LogP contribution is -2.12. The van der Waals surface area contributed by atoms with Gasteiger partial charge in [0, 0.05) is 49.9 Å². The number of aromatic nitrogens is 3. The largest absolute Gasteiger partial charge is 0.310 e. The average molecular weight is 667 g/mol. The smallest absolute Gasteiger partial charge is 0.0979 e. The molecule has 10 aromatic rings. The molecule has 4 nitrogen and oxygen atoms in total. The van der Waals surface area contributed by atoms with Crippen molar-refractivity contribution in [3.8, 4) is 16.9 Å². The zero-order valence-electron chi connectivity index (χ0n) is 29.0. The summed E-state index contributed by atoms with van der Waals surface area (Å²) in [5.74, 6) is 0. The average Bonchev–Trinajstić information content (AvgIpc) is 3.54. The standard InChI is InChI=1S/C48H34N4/c1-31-29-46(32(2)28-42(31)43-30-49-47-40-20-8-6-16-36(40)37-17-7-9-21-41(37)48(47)50-43)51(33-14-4-3-5-15-33)34-24-26-35(27-25-34)52-44-22-12-10-18-38(44)39-19-11-13-23-45(39)52/h3-30H,1-2H3. The molecule has 0 aliphatic rings. The van der Waals surface area contributed by atoms with E-state index in [2.05, 4.69) is 187 Å². The molecule has 52 heavy (non-hydrogen) atoms. The van der Waals surface area contributed by atoms with Gasteiger partial charge in [-0.25, -0.2) is 4.98 Å². The summed E-state index contributed by atoms with van der Waals surface area (Å²) in [7, 11) is 0. The molecule has 0 atom stereocenters. The Morgan fingerprint density at radius 3 is 1.62 bits per heavy atom. The minimum atomic E-state index is 0.877. The first-order chi connectivity index (χ1) is 25.6. The summed E-state index contributed by atoms with van der Waals surface area (Å²) in [5, 5.41) is 7.17. The van der Waals surface area contributed by atoms with Gasteiger partial charge in [0.05, 0.1) is 34.0 Å². The maximum absolute atomic E-state index is 5.32. The lowest BCUT2D eigenvalue weighted by molar-refractivity contribution is 1.17. The highest BCUT2D eigenvalue weighted by Gasteiger charge is 2.19. The van der Waals surface area contributed by atoms with Gasteiger partial charge < -0.3 is 9.47 Å². The fourth-order valence-electron chi connectivity index (χ4n) is 8.03. The van der Waals surface area contributed by atoms with Gasteiger partial charge in [-0.1, -0.05) is 103 Å². The fraction of sp³-hybridized carbons (Fsp3) is 0.0417. The van der Waals surface area contributed by atoms with E-state index in [9.17, 15) is 0 Å². The summed E-state index contributed by atoms with van der Waals surface area (Å²) in [4.78, 5) is 12.7. The minimum Gasteiger partial charge on any atom is -0.310 e. The van der Waals surface area contributed by atoms with Crippen molar-refractivity contribution in [1.82, 2.24) is 14.5 Å². The Labute approximate surface area is 301 Å². The molecule has 0 unspecified atom stereocenters. The van der Waals surface area contributed by atoms with Crippen molar-refractivity contribution in [3.05, 3.63) is 181 Å². The Morgan fingerprint density at radius 1 is 0.462 bits per heavy atom. The van der Waals surface area contributed by atoms with Crippen LogP contribution in [0.25, 0.3) is 71.3 Å². The molecule has 246 valence electrons. The molecule has 0 saturated heterocycles. The molecule has 0 aliphatic heterocycles. The number of nitrogens with zero attached hydrogens (tertiary/aromatic N) is 4. The van der Waals surface area contributed by atoms with Gasteiger partial charge in [0.2, 0.25) is 0 Å². The predicted molar refractivity (Wildman–Crippen MR) is 218 cm³/mol. The number of aryl methyl sites for hydroxylation is 2. The second-order valence-electron chi connectivity index (χ2n) is 13.6. The third-order valence-electron chi connectivity index (χ3n) is 10.4. The van der Waals surface area contributed by atoms with Gasteiger partial charge in [0.15, 0.2) is 0 Å². The lowest BCUT2D eigenvalue weighted by atomic mass is 9.98. The molecule has 0 aliphatic carbocycles. The lowest BCUT2D eigenvalue weighted by Gasteiger charge is -2.28. The molecule has 0 amide bonds. The second-order valence-corrected chi connectivity index (χ2v) is 13.6. The van der Waals surface area contributed by atoms with E-state index in [1.165, 1.54) is 32.6 Å². The highest BCUT2D eigenvalue weighted by atomic mass is 15.1. The van der Waals surface area contributed by atoms with Gasteiger partial charge in [0.1, 0.15) is 0 Å². The molecule has 0 saturated carbocycles. The Hall–Kier alpha value is -6.78. The highest BCUT2D eigenvalue weighted by molar-refractivity contribution is 6.23. The van der Waals surface area contributed by atoms with Gasteiger partial charge in [-0.3, -0.25) is 4.98 Å². The fourth-order valence-corrected chi connectivity index (χ4v) is 8.03. The molecular formula is C48H34N4. The zero-order valence-corrected chi connectivity index (χ0v) is 29.0. The number of benzene rings is 8. The van der Waals surface area contributed by atoms with E-state index in [1.54, 1.807) is 0 Å². The van der Waals surface area contributed by atoms with Crippen LogP contribution in [-0.2, 0) is 0 Å². The Morgan fingerprint density at radius 2 is 0.981 bits per heavy atom. The van der Waals surface area contributed by atoms with E-state index < -0.39 is 0 Å². The van der Waals surface area contributed by atoms with Crippen LogP contribution in [0.15, 0.2) is 170 Å². The van der Waals surface area contributed by atoms with E-state index in [4.69, 9.17) is 9.97 Å². The Balaban J connectivity index is 1.09. The third kappa shape index (κ3) is 4.69. The molecule has 0 spiro atoms. The molecule has 2 aromatic heterocycles. The summed E-state index contributed by atoms with van der Waals surface area (Å²) in [6, 6.07) is 58.5. The molecule has 4 heteroatoms. The van der Waals surface area contributed by atoms with Crippen molar-refractivity contribution in [2.75, 3.05) is 4.90 Å². The van der Waals surface area contributed by atoms with E-state index in [0.717, 1.165) is 66.9 Å². The van der Waals surface area contributed by atoms with E-state index >= 15 is 0 Å². The number of hydrogen-bond acceptors (Lipinski definition) is 3. The van der Waals surface area contributed by atoms with E-state index in [0.29, 0.717) is 0 Å². The first kappa shape index (κ1) is 30.1. The van der Waals surface area contributed by atoms with Crippen LogP contribution in [0.3, 0.4) is 0 Å². The van der Waals surface area contributed by atoms with Gasteiger partial charge in [-0.15, -0.1) is 0 Å². The highest BCUT2D eigenvalue weighted by Crippen LogP contribution is 2.41. The normalized spacial score (nSPS) is 11.7. The van der Waals surface area contributed by atoms with Gasteiger partial charge in [-0.05, 0) is 96.4 Å². The third-order valence-corrected chi connectivity index (χ3v) is 10.4. The summed E-state index contributed by atoms with van der Waals surface area (Å²) in [5.41, 5.74) is 13.0. The number of anilines is 3. The van der Waals surface area contributed by atoms with Crippen LogP contribution in [0, 0.1) is 13.8 Å². The predicted octanol–water partition coefficient (Wildman–Crippen LogP) is 12.8. The van der Waals surface area contributed by atoms with Crippen LogP contribution in [0.4, 0.5) is 17.1 Å². The van der Waals surface area contributed by atoms with E-state index in [1.807, 2.05) is 6.20 Å². The molecule has 0 radical (unpaired) electrons. The van der Waals surface area contributed by atoms with Crippen molar-refractivity contribution in [3.63, 3.8) is 0 Å². The van der Waals surface area contributed by atoms with Crippen LogP contribution in [0.5, 0.6) is 0 Å². The molecule has 8 aromatic carbocycles. The Kier molecular flexibility index (Phi) is 6.90. The zero-order chi connectivity index (χ0) is 34.8. The number of hydrogen-bond donors (Lipinski definition) is 0. The van der Waals surface area contributed by atoms with Crippen molar-refractivity contribution >= 4 is 71.4 Å². The van der Waals surface area contributed by atoms with Crippen molar-refractivity contribution in [2.45, 2.75) is 13.8 Å². The summed E-state index contributed by atoms with van der Waals surface area (Å²) < 4.78 is 2.36. The summed E-state index contributed by atoms with van der Waals surface area (Å²) in [6.07, 6.45) is 1.94. The molecule has 0 N–H and O–H groups in total. The topological polar surface area (TPSA) is 34.0 Å². The van der Waals surface area contributed by atoms with E-state index in [-0.39, 0.29) is 0 Å². The molecule has 0 bridgehead atoms. The van der Waals surface area contributed by atoms with Crippen LogP contribution >= 0.6 is 0 Å². The Bertz CT molecular complexity index is 2890. The summed E-state index contributed by atoms with van der Waals surface area (Å²) >= 11 is 0. The quantitative estimate of drug-likeness (QED) is 0.171. The monoisotopic (exact) mass is 666 g/mol. The molecular weight excluding hydrogens is 633 g/mol. The summed E-state index contributed by atoms with van der Waals surface area (Å²) in [6.45, 7) is 4.37. The first-order valence-electron chi connectivity index (χ1n) is 17.8. The molecule has 2 heterocycles. The van der Waals surface area contributed by atoms with Gasteiger partial charge in [-0.2, -0.15) is 0 Å². The van der Waals surface area contributed by atoms with Crippen molar-refractivity contribution in [2.24, 2.45) is 0 Å². The number of fused-ring (bicyclic) bond motifs is 9. The first-order valence-corrected chi connectivity index (χ1v) is 17.8. The maximum atomic E-state index is 5.32. The number of rotatable bonds is 5. The molecule has 0 fully saturated rings. The maximum Gasteiger partial charge on any atom is 0.0979 e. The van der Waals surface area contributed by atoms with Gasteiger partial charge >= 0.3 is 0 Å². The number of para-hydroxylation sites is 3. The second kappa shape index (κ2) is 11.9. The SMILES string of the molecule is Cc1cc(N(c2ccccc2)c2ccc(-n3c4ccccc4c4ccccc43)cc2)c(C)cc1-c1cnc2c3ccccc3c3ccccc3c2n1. The van der Waals surface area contributed by atoms with Crippen LogP contribution in [0.1, 0.15) is 11.1 Å². The van der Waals surface area contributed by atoms with Gasteiger partial charge in [0.25, 0.3) is 0 Å². The van der Waals surface area contributed by atoms with Crippen LogP contribution < -0.4 is 4.90 Å². The van der Waals surface area contributed by atoms with Crippen LogP contribution in [-0.4, -0.2) is 14.5 Å². The van der Waals surface area contributed by atoms with Crippen molar-refractivity contribution in [1.29, 1.82) is 0 Å².